The summed E-state index contributed by atoms with van der Waals surface area (Å²) in [4.78, 5) is 24.1. The zero-order valence-electron chi connectivity index (χ0n) is 14.6. The maximum atomic E-state index is 12.4. The van der Waals surface area contributed by atoms with Crippen molar-refractivity contribution in [3.8, 4) is 0 Å². The average molecular weight is 325 g/mol. The molecule has 2 unspecified atom stereocenters. The van der Waals surface area contributed by atoms with Crippen LogP contribution in [0.4, 0.5) is 0 Å². The topological polar surface area (TPSA) is 93.4 Å². The summed E-state index contributed by atoms with van der Waals surface area (Å²) >= 11 is 0. The molecule has 0 bridgehead atoms. The molecule has 0 aromatic heterocycles. The van der Waals surface area contributed by atoms with Crippen molar-refractivity contribution in [2.24, 2.45) is 17.1 Å². The molecule has 2 rings (SSSR count). The zero-order chi connectivity index (χ0) is 17.1. The summed E-state index contributed by atoms with van der Waals surface area (Å²) in [5.74, 6) is 0.240. The van der Waals surface area contributed by atoms with E-state index in [2.05, 4.69) is 10.6 Å². The largest absolute Gasteiger partial charge is 0.378 e. The number of hydrogen-bond donors (Lipinski definition) is 3. The minimum atomic E-state index is -0.873. The Morgan fingerprint density at radius 1 is 1.22 bits per heavy atom. The predicted molar refractivity (Wildman–Crippen MR) is 88.7 cm³/mol. The van der Waals surface area contributed by atoms with Crippen molar-refractivity contribution in [3.05, 3.63) is 0 Å². The number of carbonyl (C=O) groups excluding carboxylic acids is 2. The molecule has 0 aromatic rings. The van der Waals surface area contributed by atoms with Gasteiger partial charge in [-0.2, -0.15) is 0 Å². The van der Waals surface area contributed by atoms with Crippen LogP contribution in [0.1, 0.15) is 52.9 Å². The van der Waals surface area contributed by atoms with E-state index in [1.807, 2.05) is 20.8 Å². The van der Waals surface area contributed by atoms with Crippen LogP contribution in [0.15, 0.2) is 0 Å². The number of ether oxygens (including phenoxy) is 1. The molecule has 2 fully saturated rings. The summed E-state index contributed by atoms with van der Waals surface area (Å²) in [6.45, 7) is 7.66. The molecular weight excluding hydrogens is 294 g/mol. The summed E-state index contributed by atoms with van der Waals surface area (Å²) in [6.07, 6.45) is 4.48. The summed E-state index contributed by atoms with van der Waals surface area (Å²) < 4.78 is 5.64. The number of hydrogen-bond acceptors (Lipinski definition) is 4. The van der Waals surface area contributed by atoms with E-state index in [1.54, 1.807) is 0 Å². The highest BCUT2D eigenvalue weighted by Gasteiger charge is 2.62. The monoisotopic (exact) mass is 325 g/mol. The van der Waals surface area contributed by atoms with Crippen LogP contribution in [0, 0.1) is 11.3 Å². The third-order valence-electron chi connectivity index (χ3n) is 5.65. The van der Waals surface area contributed by atoms with Gasteiger partial charge >= 0.3 is 0 Å². The lowest BCUT2D eigenvalue weighted by Crippen LogP contribution is -2.75. The third kappa shape index (κ3) is 3.53. The van der Waals surface area contributed by atoms with E-state index in [4.69, 9.17) is 10.5 Å². The van der Waals surface area contributed by atoms with Crippen molar-refractivity contribution in [3.63, 3.8) is 0 Å². The molecule has 0 aliphatic heterocycles. The van der Waals surface area contributed by atoms with E-state index in [0.29, 0.717) is 26.1 Å². The Morgan fingerprint density at radius 3 is 2.39 bits per heavy atom. The number of nitrogens with one attached hydrogen (secondary N) is 2. The predicted octanol–water partition coefficient (Wildman–Crippen LogP) is 0.942. The molecule has 2 aliphatic carbocycles. The van der Waals surface area contributed by atoms with Gasteiger partial charge in [-0.05, 0) is 26.2 Å². The number of amides is 2. The van der Waals surface area contributed by atoms with Crippen molar-refractivity contribution >= 4 is 11.8 Å². The molecule has 2 amide bonds. The highest BCUT2D eigenvalue weighted by atomic mass is 16.5. The molecule has 2 aliphatic rings. The Hall–Kier alpha value is -1.14. The van der Waals surface area contributed by atoms with Crippen LogP contribution < -0.4 is 16.4 Å². The van der Waals surface area contributed by atoms with Gasteiger partial charge in [0.25, 0.3) is 0 Å². The molecule has 0 aromatic carbocycles. The molecule has 0 spiro atoms. The van der Waals surface area contributed by atoms with E-state index < -0.39 is 5.54 Å². The normalized spacial score (nSPS) is 29.3. The van der Waals surface area contributed by atoms with Gasteiger partial charge in [0.2, 0.25) is 11.8 Å². The number of carbonyl (C=O) groups is 2. The van der Waals surface area contributed by atoms with Crippen molar-refractivity contribution < 1.29 is 14.3 Å². The molecule has 6 nitrogen and oxygen atoms in total. The average Bonchev–Trinajstić information content (AvgIpc) is 2.44. The minimum Gasteiger partial charge on any atom is -0.378 e. The molecule has 4 N–H and O–H groups in total. The van der Waals surface area contributed by atoms with Crippen LogP contribution in [0.3, 0.4) is 0 Å². The Kier molecular flexibility index (Phi) is 5.68. The Morgan fingerprint density at radius 2 is 1.87 bits per heavy atom. The summed E-state index contributed by atoms with van der Waals surface area (Å²) in [7, 11) is 0. The van der Waals surface area contributed by atoms with Crippen LogP contribution in [-0.4, -0.2) is 43.2 Å². The lowest BCUT2D eigenvalue weighted by Gasteiger charge is -2.57. The second kappa shape index (κ2) is 7.18. The van der Waals surface area contributed by atoms with Gasteiger partial charge in [0.15, 0.2) is 0 Å². The van der Waals surface area contributed by atoms with Gasteiger partial charge in [0, 0.05) is 37.5 Å². The first-order valence-electron chi connectivity index (χ1n) is 8.79. The second-order valence-corrected chi connectivity index (χ2v) is 7.37. The van der Waals surface area contributed by atoms with Crippen LogP contribution in [-0.2, 0) is 14.3 Å². The molecule has 0 saturated heterocycles. The standard InChI is InChI=1S/C17H31N3O3/c1-4-23-13-11-17(18,16(13,2)3)15(22)20-10-6-9-19-14(21)12-7-5-8-12/h12-13H,4-11,18H2,1-3H3,(H,19,21)(H,20,22). The van der Waals surface area contributed by atoms with Crippen LogP contribution in [0.2, 0.25) is 0 Å². The first-order chi connectivity index (χ1) is 10.8. The molecule has 2 saturated carbocycles. The molecule has 23 heavy (non-hydrogen) atoms. The smallest absolute Gasteiger partial charge is 0.240 e. The maximum Gasteiger partial charge on any atom is 0.240 e. The molecule has 6 heteroatoms. The lowest BCUT2D eigenvalue weighted by molar-refractivity contribution is -0.170. The summed E-state index contributed by atoms with van der Waals surface area (Å²) in [5.41, 5.74) is 5.07. The number of rotatable bonds is 8. The molecule has 0 radical (unpaired) electrons. The zero-order valence-corrected chi connectivity index (χ0v) is 14.6. The van der Waals surface area contributed by atoms with Crippen molar-refractivity contribution in [2.75, 3.05) is 19.7 Å². The Balaban J connectivity index is 1.65. The van der Waals surface area contributed by atoms with Crippen LogP contribution in [0.25, 0.3) is 0 Å². The highest BCUT2D eigenvalue weighted by Crippen LogP contribution is 2.49. The van der Waals surface area contributed by atoms with Crippen molar-refractivity contribution in [1.82, 2.24) is 10.6 Å². The van der Waals surface area contributed by atoms with Gasteiger partial charge in [-0.25, -0.2) is 0 Å². The van der Waals surface area contributed by atoms with Crippen molar-refractivity contribution in [2.45, 2.75) is 64.5 Å². The fraction of sp³-hybridized carbons (Fsp3) is 0.882. The quantitative estimate of drug-likeness (QED) is 0.579. The van der Waals surface area contributed by atoms with Gasteiger partial charge in [0.05, 0.1) is 6.10 Å². The van der Waals surface area contributed by atoms with Gasteiger partial charge < -0.3 is 21.1 Å². The maximum absolute atomic E-state index is 12.4. The van der Waals surface area contributed by atoms with Gasteiger partial charge in [-0.15, -0.1) is 0 Å². The van der Waals surface area contributed by atoms with E-state index in [1.165, 1.54) is 0 Å². The van der Waals surface area contributed by atoms with E-state index in [0.717, 1.165) is 25.7 Å². The van der Waals surface area contributed by atoms with Crippen LogP contribution in [0.5, 0.6) is 0 Å². The Bertz CT molecular complexity index is 448. The SMILES string of the molecule is CCOC1CC(N)(C(=O)NCCCNC(=O)C2CCC2)C1(C)C. The van der Waals surface area contributed by atoms with E-state index >= 15 is 0 Å². The molecule has 0 heterocycles. The fourth-order valence-electron chi connectivity index (χ4n) is 3.29. The molecule has 132 valence electrons. The first kappa shape index (κ1) is 18.2. The second-order valence-electron chi connectivity index (χ2n) is 7.37. The first-order valence-corrected chi connectivity index (χ1v) is 8.79. The van der Waals surface area contributed by atoms with Crippen molar-refractivity contribution in [1.29, 1.82) is 0 Å². The van der Waals surface area contributed by atoms with Gasteiger partial charge in [0.1, 0.15) is 5.54 Å². The lowest BCUT2D eigenvalue weighted by atomic mass is 9.54. The van der Waals surface area contributed by atoms with E-state index in [9.17, 15) is 9.59 Å². The summed E-state index contributed by atoms with van der Waals surface area (Å²) in [5, 5.41) is 5.83. The minimum absolute atomic E-state index is 0.0324. The fourth-order valence-corrected chi connectivity index (χ4v) is 3.29. The third-order valence-corrected chi connectivity index (χ3v) is 5.65. The molecule has 2 atom stereocenters. The van der Waals surface area contributed by atoms with Gasteiger partial charge in [-0.3, -0.25) is 9.59 Å². The van der Waals surface area contributed by atoms with Gasteiger partial charge in [-0.1, -0.05) is 20.3 Å². The highest BCUT2D eigenvalue weighted by molar-refractivity contribution is 5.88. The summed E-state index contributed by atoms with van der Waals surface area (Å²) in [6, 6.07) is 0. The van der Waals surface area contributed by atoms with Crippen LogP contribution >= 0.6 is 0 Å². The van der Waals surface area contributed by atoms with E-state index in [-0.39, 0.29) is 29.3 Å². The molecular formula is C17H31N3O3. The Labute approximate surface area is 138 Å². The number of nitrogens with two attached hydrogens (primary N) is 1.